The number of hydrogen-bond acceptors (Lipinski definition) is 3. The van der Waals surface area contributed by atoms with Crippen LogP contribution in [0.4, 0.5) is 0 Å². The van der Waals surface area contributed by atoms with E-state index in [0.717, 1.165) is 17.5 Å². The summed E-state index contributed by atoms with van der Waals surface area (Å²) in [5, 5.41) is 9.61. The highest BCUT2D eigenvalue weighted by Crippen LogP contribution is 2.29. The average molecular weight is 194 g/mol. The Balaban J connectivity index is 3.06. The lowest BCUT2D eigenvalue weighted by atomic mass is 10.1. The molecule has 0 saturated heterocycles. The maximum absolute atomic E-state index is 9.61. The molecule has 1 rings (SSSR count). The van der Waals surface area contributed by atoms with Crippen molar-refractivity contribution in [3.63, 3.8) is 0 Å². The second-order valence-electron chi connectivity index (χ2n) is 3.29. The van der Waals surface area contributed by atoms with Crippen molar-refractivity contribution in [3.8, 4) is 11.6 Å². The number of pyridine rings is 1. The molecular weight excluding hydrogens is 178 g/mol. The molecule has 0 aliphatic rings. The maximum atomic E-state index is 9.61. The summed E-state index contributed by atoms with van der Waals surface area (Å²) in [6, 6.07) is 0. The Morgan fingerprint density at radius 1 is 1.29 bits per heavy atom. The number of aryl methyl sites for hydroxylation is 1. The Morgan fingerprint density at radius 3 is 2.50 bits per heavy atom. The topological polar surface area (TPSA) is 42.4 Å². The highest BCUT2D eigenvalue weighted by atomic mass is 16.5. The molecule has 77 valence electrons. The first-order valence-electron chi connectivity index (χ1n) is 4.73. The van der Waals surface area contributed by atoms with Crippen molar-refractivity contribution < 1.29 is 9.84 Å². The molecule has 3 heteroatoms. The van der Waals surface area contributed by atoms with Crippen molar-refractivity contribution in [1.82, 2.24) is 4.98 Å². The molecule has 0 saturated carbocycles. The van der Waals surface area contributed by atoms with E-state index in [1.54, 1.807) is 13.5 Å². The molecule has 1 aromatic rings. The summed E-state index contributed by atoms with van der Waals surface area (Å²) >= 11 is 0. The first kappa shape index (κ1) is 10.8. The minimum absolute atomic E-state index is 0.256. The predicted molar refractivity (Wildman–Crippen MR) is 55.3 cm³/mol. The van der Waals surface area contributed by atoms with E-state index < -0.39 is 0 Å². The smallest absolute Gasteiger partial charge is 0.217 e. The van der Waals surface area contributed by atoms with Crippen LogP contribution in [0.2, 0.25) is 0 Å². The molecule has 0 unspecified atom stereocenters. The predicted octanol–water partition coefficient (Wildman–Crippen LogP) is 2.66. The van der Waals surface area contributed by atoms with Crippen LogP contribution in [0.1, 0.15) is 30.2 Å². The fourth-order valence-electron chi connectivity index (χ4n) is 1.18. The number of rotatable bonds is 3. The lowest BCUT2D eigenvalue weighted by molar-refractivity contribution is 0.373. The zero-order valence-electron chi connectivity index (χ0n) is 9.09. The van der Waals surface area contributed by atoms with Crippen molar-refractivity contribution in [2.75, 3.05) is 0 Å². The summed E-state index contributed by atoms with van der Waals surface area (Å²) in [6.45, 7) is 9.21. The van der Waals surface area contributed by atoms with Crippen molar-refractivity contribution >= 4 is 0 Å². The lowest BCUT2D eigenvalue weighted by Crippen LogP contribution is -1.99. The van der Waals surface area contributed by atoms with Crippen LogP contribution < -0.4 is 4.74 Å². The molecule has 1 heterocycles. The summed E-state index contributed by atoms with van der Waals surface area (Å²) in [5.41, 5.74) is 2.32. The number of aromatic nitrogens is 1. The third-order valence-electron chi connectivity index (χ3n) is 2.21. The minimum atomic E-state index is 0.256. The van der Waals surface area contributed by atoms with E-state index in [1.807, 2.05) is 20.8 Å². The van der Waals surface area contributed by atoms with Crippen molar-refractivity contribution in [2.24, 2.45) is 0 Å². The second kappa shape index (κ2) is 4.31. The van der Waals surface area contributed by atoms with Crippen LogP contribution in [0, 0.1) is 27.4 Å². The van der Waals surface area contributed by atoms with Gasteiger partial charge in [-0.2, -0.15) is 0 Å². The third-order valence-corrected chi connectivity index (χ3v) is 2.21. The molecule has 0 fully saturated rings. The van der Waals surface area contributed by atoms with Gasteiger partial charge in [0.2, 0.25) is 5.88 Å². The zero-order valence-corrected chi connectivity index (χ0v) is 9.09. The molecule has 3 nitrogen and oxygen atoms in total. The first-order valence-corrected chi connectivity index (χ1v) is 4.73. The van der Waals surface area contributed by atoms with E-state index in [1.165, 1.54) is 0 Å². The lowest BCUT2D eigenvalue weighted by Gasteiger charge is -2.11. The highest BCUT2D eigenvalue weighted by Gasteiger charge is 2.11. The third kappa shape index (κ3) is 1.97. The molecule has 14 heavy (non-hydrogen) atoms. The maximum Gasteiger partial charge on any atom is 0.217 e. The molecule has 0 aliphatic heterocycles. The standard InChI is InChI=1S/C11H16NO2/c1-5-6-14-11-8(3)7(2)10(13)9(4)12-11/h6,13H,5H2,1-4H3. The van der Waals surface area contributed by atoms with Crippen LogP contribution >= 0.6 is 0 Å². The van der Waals surface area contributed by atoms with Crippen LogP contribution in [-0.2, 0) is 0 Å². The van der Waals surface area contributed by atoms with Gasteiger partial charge in [0, 0.05) is 11.1 Å². The SMILES string of the molecule is CC[CH]Oc1nc(C)c(O)c(C)c1C. The minimum Gasteiger partial charge on any atom is -0.506 e. The fourth-order valence-corrected chi connectivity index (χ4v) is 1.18. The number of ether oxygens (including phenoxy) is 1. The molecule has 0 bridgehead atoms. The highest BCUT2D eigenvalue weighted by molar-refractivity contribution is 5.45. The second-order valence-corrected chi connectivity index (χ2v) is 3.29. The molecule has 0 aromatic carbocycles. The molecule has 1 aromatic heterocycles. The normalized spacial score (nSPS) is 10.3. The Hall–Kier alpha value is -1.25. The Bertz CT molecular complexity index is 335. The molecule has 0 spiro atoms. The molecule has 0 atom stereocenters. The van der Waals surface area contributed by atoms with Crippen LogP contribution in [-0.4, -0.2) is 10.1 Å². The van der Waals surface area contributed by atoms with Gasteiger partial charge >= 0.3 is 0 Å². The van der Waals surface area contributed by atoms with Gasteiger partial charge in [-0.3, -0.25) is 0 Å². The van der Waals surface area contributed by atoms with Gasteiger partial charge in [-0.25, -0.2) is 4.98 Å². The van der Waals surface area contributed by atoms with Gasteiger partial charge in [0.25, 0.3) is 0 Å². The molecule has 1 N–H and O–H groups in total. The van der Waals surface area contributed by atoms with E-state index in [4.69, 9.17) is 4.74 Å². The van der Waals surface area contributed by atoms with E-state index in [2.05, 4.69) is 4.98 Å². The van der Waals surface area contributed by atoms with Crippen LogP contribution in [0.3, 0.4) is 0 Å². The van der Waals surface area contributed by atoms with Crippen LogP contribution in [0.25, 0.3) is 0 Å². The summed E-state index contributed by atoms with van der Waals surface area (Å²) < 4.78 is 5.36. The van der Waals surface area contributed by atoms with E-state index in [-0.39, 0.29) is 5.75 Å². The molecule has 0 aliphatic carbocycles. The van der Waals surface area contributed by atoms with Gasteiger partial charge < -0.3 is 9.84 Å². The summed E-state index contributed by atoms with van der Waals surface area (Å²) in [6.07, 6.45) is 0.833. The summed E-state index contributed by atoms with van der Waals surface area (Å²) in [7, 11) is 0. The Kier molecular flexibility index (Phi) is 3.33. The fraction of sp³-hybridized carbons (Fsp3) is 0.455. The van der Waals surface area contributed by atoms with Gasteiger partial charge in [0.05, 0.1) is 5.69 Å². The number of hydrogen-bond donors (Lipinski definition) is 1. The Morgan fingerprint density at radius 2 is 1.93 bits per heavy atom. The van der Waals surface area contributed by atoms with E-state index in [0.29, 0.717) is 11.6 Å². The monoisotopic (exact) mass is 194 g/mol. The molecular formula is C11H16NO2. The van der Waals surface area contributed by atoms with Crippen LogP contribution in [0.5, 0.6) is 11.6 Å². The summed E-state index contributed by atoms with van der Waals surface area (Å²) in [4.78, 5) is 4.17. The van der Waals surface area contributed by atoms with Gasteiger partial charge in [0.15, 0.2) is 0 Å². The zero-order chi connectivity index (χ0) is 10.7. The average Bonchev–Trinajstić information content (AvgIpc) is 2.18. The van der Waals surface area contributed by atoms with Crippen molar-refractivity contribution in [3.05, 3.63) is 23.4 Å². The number of aromatic hydroxyl groups is 1. The first-order chi connectivity index (χ1) is 6.57. The van der Waals surface area contributed by atoms with Gasteiger partial charge in [-0.15, -0.1) is 0 Å². The van der Waals surface area contributed by atoms with Crippen molar-refractivity contribution in [1.29, 1.82) is 0 Å². The largest absolute Gasteiger partial charge is 0.506 e. The van der Waals surface area contributed by atoms with Gasteiger partial charge in [0.1, 0.15) is 12.4 Å². The van der Waals surface area contributed by atoms with Gasteiger partial charge in [-0.05, 0) is 27.2 Å². The molecule has 1 radical (unpaired) electrons. The van der Waals surface area contributed by atoms with E-state index in [9.17, 15) is 5.11 Å². The summed E-state index contributed by atoms with van der Waals surface area (Å²) in [5.74, 6) is 0.839. The van der Waals surface area contributed by atoms with Gasteiger partial charge in [-0.1, -0.05) is 6.92 Å². The molecule has 0 amide bonds. The Labute approximate surface area is 84.7 Å². The van der Waals surface area contributed by atoms with Crippen LogP contribution in [0.15, 0.2) is 0 Å². The quantitative estimate of drug-likeness (QED) is 0.804. The number of nitrogens with zero attached hydrogens (tertiary/aromatic N) is 1. The van der Waals surface area contributed by atoms with Crippen molar-refractivity contribution in [2.45, 2.75) is 34.1 Å². The van der Waals surface area contributed by atoms with E-state index >= 15 is 0 Å².